The summed E-state index contributed by atoms with van der Waals surface area (Å²) in [6.07, 6.45) is 8.18. The molecule has 0 bridgehead atoms. The Morgan fingerprint density at radius 3 is 2.53 bits per heavy atom. The molecule has 1 aromatic heterocycles. The van der Waals surface area contributed by atoms with Crippen LogP contribution in [0.1, 0.15) is 66.6 Å². The van der Waals surface area contributed by atoms with Crippen LogP contribution < -0.4 is 0 Å². The van der Waals surface area contributed by atoms with Crippen molar-refractivity contribution in [3.8, 4) is 11.1 Å². The fraction of sp³-hybridized carbons (Fsp3) is 0.400. The first-order chi connectivity index (χ1) is 14.7. The Hall–Kier alpha value is -2.95. The summed E-state index contributed by atoms with van der Waals surface area (Å²) in [5, 5.41) is 14.8. The highest BCUT2D eigenvalue weighted by Gasteiger charge is 2.20. The van der Waals surface area contributed by atoms with Crippen LogP contribution in [-0.4, -0.2) is 25.8 Å². The van der Waals surface area contributed by atoms with E-state index in [2.05, 4.69) is 6.92 Å². The van der Waals surface area contributed by atoms with Gasteiger partial charge >= 0.3 is 5.97 Å². The first-order valence-electron chi connectivity index (χ1n) is 11.0. The molecule has 1 fully saturated rings. The van der Waals surface area contributed by atoms with E-state index < -0.39 is 5.97 Å². The molecule has 1 aliphatic rings. The number of hydrogen-bond donors (Lipinski definition) is 1. The number of hydrogen-bond acceptors (Lipinski definition) is 3. The minimum Gasteiger partial charge on any atom is -0.478 e. The monoisotopic (exact) mass is 403 g/mol. The summed E-state index contributed by atoms with van der Waals surface area (Å²) in [5.41, 5.74) is 2.74. The van der Waals surface area contributed by atoms with E-state index >= 15 is 0 Å². The summed E-state index contributed by atoms with van der Waals surface area (Å²) in [4.78, 5) is 17.0. The van der Waals surface area contributed by atoms with Crippen LogP contribution in [0.25, 0.3) is 11.1 Å². The molecule has 1 saturated carbocycles. The summed E-state index contributed by atoms with van der Waals surface area (Å²) < 4.78 is 1.90. The van der Waals surface area contributed by atoms with Gasteiger partial charge in [-0.3, -0.25) is 0 Å². The fourth-order valence-corrected chi connectivity index (χ4v) is 4.55. The molecular formula is C25H29N3O2. The van der Waals surface area contributed by atoms with Gasteiger partial charge in [-0.2, -0.15) is 5.10 Å². The van der Waals surface area contributed by atoms with Gasteiger partial charge in [-0.15, -0.1) is 0 Å². The molecule has 3 aromatic rings. The molecular weight excluding hydrogens is 374 g/mol. The number of carboxylic acid groups (broad SMARTS) is 1. The lowest BCUT2D eigenvalue weighted by molar-refractivity contribution is 0.0696. The van der Waals surface area contributed by atoms with Gasteiger partial charge in [0.05, 0.1) is 12.1 Å². The van der Waals surface area contributed by atoms with Gasteiger partial charge in [-0.1, -0.05) is 87.6 Å². The average molecular weight is 404 g/mol. The second-order valence-corrected chi connectivity index (χ2v) is 8.17. The third kappa shape index (κ3) is 4.45. The van der Waals surface area contributed by atoms with Crippen molar-refractivity contribution in [3.05, 3.63) is 71.3 Å². The van der Waals surface area contributed by atoms with E-state index in [1.165, 1.54) is 32.1 Å². The van der Waals surface area contributed by atoms with Crippen LogP contribution in [-0.2, 0) is 19.4 Å². The zero-order valence-corrected chi connectivity index (χ0v) is 17.6. The Balaban J connectivity index is 1.64. The maximum Gasteiger partial charge on any atom is 0.336 e. The van der Waals surface area contributed by atoms with Crippen molar-refractivity contribution in [2.75, 3.05) is 0 Å². The lowest BCUT2D eigenvalue weighted by Gasteiger charge is -2.19. The largest absolute Gasteiger partial charge is 0.478 e. The second-order valence-electron chi connectivity index (χ2n) is 8.17. The number of carboxylic acids is 1. The Bertz CT molecular complexity index is 1000. The van der Waals surface area contributed by atoms with Crippen molar-refractivity contribution in [2.24, 2.45) is 5.92 Å². The van der Waals surface area contributed by atoms with Crippen LogP contribution in [0.15, 0.2) is 48.5 Å². The van der Waals surface area contributed by atoms with Crippen LogP contribution in [0, 0.1) is 5.92 Å². The van der Waals surface area contributed by atoms with Crippen LogP contribution in [0.2, 0.25) is 0 Å². The van der Waals surface area contributed by atoms with E-state index in [4.69, 9.17) is 10.1 Å². The van der Waals surface area contributed by atoms with Gasteiger partial charge in [0, 0.05) is 12.8 Å². The molecule has 30 heavy (non-hydrogen) atoms. The molecule has 0 atom stereocenters. The van der Waals surface area contributed by atoms with Gasteiger partial charge in [-0.05, 0) is 22.6 Å². The number of aromatic carboxylic acids is 1. The minimum absolute atomic E-state index is 0.343. The highest BCUT2D eigenvalue weighted by Crippen LogP contribution is 2.28. The maximum atomic E-state index is 12.2. The van der Waals surface area contributed by atoms with E-state index in [-0.39, 0.29) is 0 Å². The molecule has 0 radical (unpaired) electrons. The summed E-state index contributed by atoms with van der Waals surface area (Å²) in [6.45, 7) is 2.49. The number of rotatable bonds is 7. The van der Waals surface area contributed by atoms with Gasteiger partial charge in [0.15, 0.2) is 5.82 Å². The Morgan fingerprint density at radius 1 is 1.07 bits per heavy atom. The lowest BCUT2D eigenvalue weighted by atomic mass is 9.87. The van der Waals surface area contributed by atoms with Gasteiger partial charge in [0.1, 0.15) is 5.82 Å². The summed E-state index contributed by atoms with van der Waals surface area (Å²) in [7, 11) is 0. The second kappa shape index (κ2) is 9.24. The van der Waals surface area contributed by atoms with Crippen LogP contribution >= 0.6 is 0 Å². The molecule has 0 spiro atoms. The van der Waals surface area contributed by atoms with Crippen molar-refractivity contribution < 1.29 is 9.90 Å². The number of carbonyl (C=O) groups is 1. The molecule has 0 unspecified atom stereocenters. The molecule has 4 rings (SSSR count). The van der Waals surface area contributed by atoms with Crippen molar-refractivity contribution in [1.82, 2.24) is 14.8 Å². The van der Waals surface area contributed by atoms with Crippen LogP contribution in [0.4, 0.5) is 0 Å². The van der Waals surface area contributed by atoms with E-state index in [1.54, 1.807) is 0 Å². The predicted molar refractivity (Wildman–Crippen MR) is 118 cm³/mol. The van der Waals surface area contributed by atoms with Gasteiger partial charge in [0.25, 0.3) is 0 Å². The SMILES string of the molecule is CCc1nc(CC2CCCCC2)nn1Cc1cccc(-c2ccccc2)c1C(=O)O. The molecule has 1 N–H and O–H groups in total. The van der Waals surface area contributed by atoms with E-state index in [1.807, 2.05) is 53.2 Å². The normalized spacial score (nSPS) is 14.7. The highest BCUT2D eigenvalue weighted by atomic mass is 16.4. The number of aryl methyl sites for hydroxylation is 1. The number of aromatic nitrogens is 3. The molecule has 1 aliphatic carbocycles. The first kappa shape index (κ1) is 20.3. The summed E-state index contributed by atoms with van der Waals surface area (Å²) in [5.74, 6) is 1.58. The number of benzene rings is 2. The van der Waals surface area contributed by atoms with E-state index in [0.717, 1.165) is 41.2 Å². The van der Waals surface area contributed by atoms with Crippen molar-refractivity contribution in [2.45, 2.75) is 58.4 Å². The summed E-state index contributed by atoms with van der Waals surface area (Å²) in [6, 6.07) is 15.4. The smallest absolute Gasteiger partial charge is 0.336 e. The van der Waals surface area contributed by atoms with Gasteiger partial charge in [0.2, 0.25) is 0 Å². The molecule has 2 aromatic carbocycles. The maximum absolute atomic E-state index is 12.2. The van der Waals surface area contributed by atoms with E-state index in [9.17, 15) is 9.90 Å². The van der Waals surface area contributed by atoms with Crippen LogP contribution in [0.5, 0.6) is 0 Å². The Labute approximate surface area is 177 Å². The van der Waals surface area contributed by atoms with E-state index in [0.29, 0.717) is 18.0 Å². The fourth-order valence-electron chi connectivity index (χ4n) is 4.55. The lowest BCUT2D eigenvalue weighted by Crippen LogP contribution is -2.13. The topological polar surface area (TPSA) is 68.0 Å². The first-order valence-corrected chi connectivity index (χ1v) is 11.0. The molecule has 5 heteroatoms. The summed E-state index contributed by atoms with van der Waals surface area (Å²) >= 11 is 0. The molecule has 5 nitrogen and oxygen atoms in total. The zero-order chi connectivity index (χ0) is 20.9. The zero-order valence-electron chi connectivity index (χ0n) is 17.6. The third-order valence-corrected chi connectivity index (χ3v) is 6.07. The minimum atomic E-state index is -0.912. The Morgan fingerprint density at radius 2 is 1.83 bits per heavy atom. The molecule has 0 amide bonds. The highest BCUT2D eigenvalue weighted by molar-refractivity contribution is 5.97. The van der Waals surface area contributed by atoms with Gasteiger partial charge < -0.3 is 5.11 Å². The van der Waals surface area contributed by atoms with Crippen molar-refractivity contribution in [3.63, 3.8) is 0 Å². The molecule has 156 valence electrons. The van der Waals surface area contributed by atoms with Crippen molar-refractivity contribution in [1.29, 1.82) is 0 Å². The predicted octanol–water partition coefficient (Wildman–Crippen LogP) is 5.38. The quantitative estimate of drug-likeness (QED) is 0.575. The molecule has 0 aliphatic heterocycles. The third-order valence-electron chi connectivity index (χ3n) is 6.07. The molecule has 0 saturated heterocycles. The Kier molecular flexibility index (Phi) is 6.26. The average Bonchev–Trinajstić information content (AvgIpc) is 3.15. The van der Waals surface area contributed by atoms with Gasteiger partial charge in [-0.25, -0.2) is 14.5 Å². The number of nitrogens with zero attached hydrogens (tertiary/aromatic N) is 3. The standard InChI is InChI=1S/C25H29N3O2/c1-2-23-26-22(16-18-10-5-3-6-11-18)27-28(23)17-20-14-9-15-21(24(20)25(29)30)19-12-7-4-8-13-19/h4,7-9,12-15,18H,2-3,5-6,10-11,16-17H2,1H3,(H,29,30). The van der Waals surface area contributed by atoms with Crippen molar-refractivity contribution >= 4 is 5.97 Å². The van der Waals surface area contributed by atoms with Crippen LogP contribution in [0.3, 0.4) is 0 Å². The molecule has 1 heterocycles.